The van der Waals surface area contributed by atoms with Crippen LogP contribution in [-0.4, -0.2) is 227 Å². The summed E-state index contributed by atoms with van der Waals surface area (Å²) in [6.07, 6.45) is -5.50. The van der Waals surface area contributed by atoms with Gasteiger partial charge in [0, 0.05) is 116 Å². The number of aliphatic carboxylic acids is 2. The third-order valence-electron chi connectivity index (χ3n) is 17.8. The van der Waals surface area contributed by atoms with Gasteiger partial charge in [0.25, 0.3) is 29.5 Å². The molecule has 5 aromatic heterocycles. The molecule has 5 amide bonds. The number of carbonyl (C=O) groups excluding carboxylic acids is 5. The molecule has 8 heterocycles. The lowest BCUT2D eigenvalue weighted by atomic mass is 10.2. The van der Waals surface area contributed by atoms with E-state index in [4.69, 9.17) is 52.4 Å². The Bertz CT molecular complexity index is 4890. The van der Waals surface area contributed by atoms with Gasteiger partial charge in [-0.15, -0.1) is 69.9 Å². The average molecular weight is 1850 g/mol. The number of nitrogens with zero attached hydrogens (tertiary/aromatic N) is 5. The molecule has 3 fully saturated rings. The second-order valence-corrected chi connectivity index (χ2v) is 38.0. The number of ether oxygens (including phenoxy) is 5. The lowest BCUT2D eigenvalue weighted by molar-refractivity contribution is -0.274. The van der Waals surface area contributed by atoms with E-state index in [0.717, 1.165) is 55.5 Å². The maximum Gasteiger partial charge on any atom is 0.573 e. The number of aliphatic hydroxyl groups excluding tert-OH is 1. The van der Waals surface area contributed by atoms with Crippen molar-refractivity contribution in [2.75, 3.05) is 106 Å². The molecule has 0 radical (unpaired) electrons. The molecule has 3 aliphatic rings. The number of sulfone groups is 1. The van der Waals surface area contributed by atoms with E-state index in [1.54, 1.807) is 87.4 Å². The van der Waals surface area contributed by atoms with Gasteiger partial charge in [0.1, 0.15) is 36.4 Å². The first kappa shape index (κ1) is 106. The largest absolute Gasteiger partial charge is 0.573 e. The minimum Gasteiger partial charge on any atom is -0.497 e. The summed E-state index contributed by atoms with van der Waals surface area (Å²) in [6.45, 7) is 24.5. The summed E-state index contributed by atoms with van der Waals surface area (Å²) in [5.41, 5.74) is 7.26. The van der Waals surface area contributed by atoms with Crippen LogP contribution < -0.4 is 9.47 Å². The molecule has 33 heteroatoms. The molecule has 0 saturated carbocycles. The molecular formula is C90H110Cl2F3N5O17S6. The molecule has 0 spiro atoms. The highest BCUT2D eigenvalue weighted by Gasteiger charge is 2.37. The molecule has 123 heavy (non-hydrogen) atoms. The number of benzene rings is 5. The second kappa shape index (κ2) is 53.7. The molecule has 3 N–H and O–H groups in total. The fourth-order valence-electron chi connectivity index (χ4n) is 10.9. The van der Waals surface area contributed by atoms with Gasteiger partial charge in [-0.05, 0) is 191 Å². The Balaban J connectivity index is 0.000000290. The standard InChI is InChI=1S/C12H17NO3S.C11H15NO3S.C10H13NO3S2.C10H13NO3S.C9H11NO3S.C8H7F3O.C8H10O.C8H10.2C7H7Cl/c1-8-4-5-11(17-8)12(14)13-6-9(15-2)10(7-13)16-3;1-7-3-4-10(16-7)11(14)12-5-8(13)9(6-12)15-2;1-8-2-3-9(15-8)10(12)11-4-6-16(13,14)7-5-11;1-7-3-4-8(15-7)10(14)11(2)6-5-9(12)13;1-6-3-4-7(14-6)9(13)10(2)5-8(11)12;1-6-2-4-7(5-3-6)12-8(9,10)11;1-7-3-5-8(9-2)6-4-7;1-7-3-5-8(2)6-4-7;1-6-2-4-7(8)5-3-6;1-6-3-2-4-7(8)5-6/h4-5,9-10H,6-7H2,1-3H3;3-4,8-9,13H,5-6H2,1-2H3;2-3H,4-7H2,1H3;3-4H,5-6H2,1-2H3,(H,12,13);3-4H,5H2,1-2H3,(H,11,12);2-5H,1H3;3-6H,1-2H3;3-6H,1-2H3;2*2-5H,1H3. The molecule has 5 aromatic carbocycles. The monoisotopic (exact) mass is 1850 g/mol. The van der Waals surface area contributed by atoms with Gasteiger partial charge in [0.2, 0.25) is 0 Å². The zero-order chi connectivity index (χ0) is 91.8. The first-order valence-electron chi connectivity index (χ1n) is 38.4. The van der Waals surface area contributed by atoms with Crippen LogP contribution in [0.5, 0.6) is 11.5 Å². The van der Waals surface area contributed by atoms with Crippen LogP contribution >= 0.6 is 79.9 Å². The van der Waals surface area contributed by atoms with E-state index in [9.17, 15) is 60.3 Å². The summed E-state index contributed by atoms with van der Waals surface area (Å²) >= 11 is 18.5. The lowest BCUT2D eigenvalue weighted by Crippen LogP contribution is -2.43. The van der Waals surface area contributed by atoms with E-state index in [-0.39, 0.29) is 84.6 Å². The van der Waals surface area contributed by atoms with Gasteiger partial charge in [0.05, 0.1) is 55.5 Å². The Morgan fingerprint density at radius 3 is 1.08 bits per heavy atom. The number of aliphatic hydroxyl groups is 1. The SMILES string of the molecule is COC1CN(C(=O)c2ccc(C)s2)CC1O.COC1CN(C(=O)c2ccc(C)s2)CC1OC.COc1ccc(C)cc1.Cc1ccc(C(=O)N(C)CC(=O)O)s1.Cc1ccc(C(=O)N(C)CCC(=O)O)s1.Cc1ccc(C(=O)N2CCS(=O)(=O)CC2)s1.Cc1ccc(C)cc1.Cc1ccc(Cl)cc1.Cc1ccc(OC(F)(F)F)cc1.Cc1cccc(Cl)c1. The number of carboxylic acid groups (broad SMARTS) is 2. The number of hydrogen-bond acceptors (Lipinski definition) is 20. The number of halogens is 5. The van der Waals surface area contributed by atoms with Crippen LogP contribution in [0.4, 0.5) is 13.2 Å². The summed E-state index contributed by atoms with van der Waals surface area (Å²) in [4.78, 5) is 96.8. The number of carboxylic acids is 2. The molecule has 22 nitrogen and oxygen atoms in total. The van der Waals surface area contributed by atoms with Crippen molar-refractivity contribution in [3.63, 3.8) is 0 Å². The van der Waals surface area contributed by atoms with E-state index in [2.05, 4.69) is 49.8 Å². The van der Waals surface area contributed by atoms with Gasteiger partial charge < -0.3 is 63.5 Å². The van der Waals surface area contributed by atoms with Crippen LogP contribution in [0, 0.1) is 76.2 Å². The predicted molar refractivity (Wildman–Crippen MR) is 488 cm³/mol. The van der Waals surface area contributed by atoms with Gasteiger partial charge in [0.15, 0.2) is 9.84 Å². The molecule has 3 aliphatic heterocycles. The van der Waals surface area contributed by atoms with Gasteiger partial charge in [-0.1, -0.05) is 124 Å². The quantitative estimate of drug-likeness (QED) is 0.0860. The van der Waals surface area contributed by atoms with Crippen LogP contribution in [0.1, 0.15) is 113 Å². The highest BCUT2D eigenvalue weighted by atomic mass is 35.5. The number of methoxy groups -OCH3 is 4. The molecule has 13 rings (SSSR count). The fraction of sp³-hybridized carbons (Fsp3) is 0.367. The van der Waals surface area contributed by atoms with Crippen LogP contribution in [0.15, 0.2) is 182 Å². The third kappa shape index (κ3) is 40.9. The van der Waals surface area contributed by atoms with Crippen LogP contribution in [0.3, 0.4) is 0 Å². The van der Waals surface area contributed by atoms with Gasteiger partial charge in [-0.25, -0.2) is 8.42 Å². The molecular weight excluding hydrogens is 1740 g/mol. The van der Waals surface area contributed by atoms with Crippen molar-refractivity contribution >= 4 is 131 Å². The van der Waals surface area contributed by atoms with Crippen molar-refractivity contribution < 1.29 is 94.2 Å². The zero-order valence-corrected chi connectivity index (χ0v) is 78.5. The minimum absolute atomic E-state index is 0.0169. The number of rotatable bonds is 15. The highest BCUT2D eigenvalue weighted by molar-refractivity contribution is 7.91. The summed E-state index contributed by atoms with van der Waals surface area (Å²) in [6, 6.07) is 56.1. The van der Waals surface area contributed by atoms with E-state index in [1.165, 1.54) is 113 Å². The van der Waals surface area contributed by atoms with Crippen LogP contribution in [-0.2, 0) is 33.6 Å². The number of likely N-dealkylation sites (tertiary alicyclic amines) is 2. The maximum absolute atomic E-state index is 12.2. The Hall–Kier alpha value is -9.35. The molecule has 3 saturated heterocycles. The minimum atomic E-state index is -4.60. The smallest absolute Gasteiger partial charge is 0.497 e. The first-order valence-corrected chi connectivity index (χ1v) is 45.1. The molecule has 668 valence electrons. The number of aryl methyl sites for hydroxylation is 11. The summed E-state index contributed by atoms with van der Waals surface area (Å²) in [5.74, 6) is -1.35. The average Bonchev–Trinajstić information content (AvgIpc) is 1.68. The van der Waals surface area contributed by atoms with Crippen LogP contribution in [0.25, 0.3) is 0 Å². The van der Waals surface area contributed by atoms with Crippen molar-refractivity contribution in [3.8, 4) is 11.5 Å². The predicted octanol–water partition coefficient (Wildman–Crippen LogP) is 18.7. The fourth-order valence-corrected chi connectivity index (χ4v) is 16.7. The van der Waals surface area contributed by atoms with E-state index >= 15 is 0 Å². The van der Waals surface area contributed by atoms with E-state index < -0.39 is 34.2 Å². The van der Waals surface area contributed by atoms with Crippen molar-refractivity contribution in [1.82, 2.24) is 24.5 Å². The third-order valence-corrected chi connectivity index (χ3v) is 24.8. The Morgan fingerprint density at radius 1 is 0.431 bits per heavy atom. The number of amides is 5. The van der Waals surface area contributed by atoms with Gasteiger partial charge >= 0.3 is 18.3 Å². The number of hydrogen-bond donors (Lipinski definition) is 3. The Kier molecular flexibility index (Phi) is 46.3. The molecule has 0 aliphatic carbocycles. The lowest BCUT2D eigenvalue weighted by Gasteiger charge is -2.26. The normalized spacial score (nSPS) is 15.1. The number of β-amino-alcohol motifs (C(OH)–C–C–N with tert-alkyl or cyclic N) is 1. The molecule has 10 aromatic rings. The summed E-state index contributed by atoms with van der Waals surface area (Å²) in [5, 5.41) is 28.2. The van der Waals surface area contributed by atoms with Crippen molar-refractivity contribution in [2.45, 2.75) is 113 Å². The Morgan fingerprint density at radius 2 is 0.772 bits per heavy atom. The molecule has 4 atom stereocenters. The summed E-state index contributed by atoms with van der Waals surface area (Å²) < 4.78 is 81.7. The van der Waals surface area contributed by atoms with Crippen molar-refractivity contribution in [2.24, 2.45) is 0 Å². The second-order valence-electron chi connectivity index (χ2n) is 28.4. The zero-order valence-electron chi connectivity index (χ0n) is 72.0. The van der Waals surface area contributed by atoms with E-state index in [0.29, 0.717) is 53.9 Å². The number of thiophene rings is 5. The Labute approximate surface area is 749 Å². The van der Waals surface area contributed by atoms with E-state index in [1.807, 2.05) is 164 Å². The van der Waals surface area contributed by atoms with Crippen molar-refractivity contribution in [1.29, 1.82) is 0 Å². The van der Waals surface area contributed by atoms with Crippen LogP contribution in [0.2, 0.25) is 10.0 Å². The number of alkyl halides is 3. The number of likely N-dealkylation sites (N-methyl/N-ethyl adjacent to an activating group) is 1. The summed E-state index contributed by atoms with van der Waals surface area (Å²) in [7, 11) is 6.70. The number of carbonyl (C=O) groups is 7. The van der Waals surface area contributed by atoms with Crippen molar-refractivity contribution in [3.05, 3.63) is 274 Å². The molecule has 4 unspecified atom stereocenters. The topological polar surface area (TPSA) is 277 Å². The van der Waals surface area contributed by atoms with Gasteiger partial charge in [-0.3, -0.25) is 33.6 Å². The van der Waals surface area contributed by atoms with Gasteiger partial charge in [-0.2, -0.15) is 0 Å². The maximum atomic E-state index is 12.2. The molecule has 0 bridgehead atoms. The highest BCUT2D eigenvalue weighted by Crippen LogP contribution is 2.27. The first-order chi connectivity index (χ1) is 57.9.